The van der Waals surface area contributed by atoms with Gasteiger partial charge in [-0.25, -0.2) is 0 Å². The van der Waals surface area contributed by atoms with Crippen molar-refractivity contribution in [1.82, 2.24) is 0 Å². The molecule has 0 spiro atoms. The van der Waals surface area contributed by atoms with Crippen molar-refractivity contribution in [1.29, 1.82) is 0 Å². The van der Waals surface area contributed by atoms with E-state index in [1.54, 1.807) is 0 Å². The van der Waals surface area contributed by atoms with Crippen molar-refractivity contribution in [2.75, 3.05) is 26.2 Å². The van der Waals surface area contributed by atoms with Gasteiger partial charge < -0.3 is 19.8 Å². The summed E-state index contributed by atoms with van der Waals surface area (Å²) in [4.78, 5) is 32.8. The highest BCUT2D eigenvalue weighted by Crippen LogP contribution is 2.16. The first-order valence-electron chi connectivity index (χ1n) is 8.93. The molecule has 0 saturated heterocycles. The average molecular weight is 358 g/mol. The van der Waals surface area contributed by atoms with Crippen molar-refractivity contribution in [3.05, 3.63) is 12.2 Å². The minimum Gasteiger partial charge on any atom is -0.481 e. The SMILES string of the molecule is C/C=C/CCCCCC[N+](CCC(=O)O)(CCC(=O)O)CCC(=O)O. The Morgan fingerprint density at radius 1 is 0.720 bits per heavy atom. The van der Waals surface area contributed by atoms with Crippen molar-refractivity contribution in [2.45, 2.75) is 58.3 Å². The van der Waals surface area contributed by atoms with E-state index in [0.29, 0.717) is 6.54 Å². The minimum atomic E-state index is -0.945. The van der Waals surface area contributed by atoms with Crippen LogP contribution in [0.1, 0.15) is 58.3 Å². The molecule has 0 aromatic rings. The normalized spacial score (nSPS) is 11.7. The van der Waals surface area contributed by atoms with E-state index in [1.807, 2.05) is 13.0 Å². The van der Waals surface area contributed by atoms with Crippen molar-refractivity contribution < 1.29 is 34.2 Å². The minimum absolute atomic E-state index is 0.0828. The quantitative estimate of drug-likeness (QED) is 0.222. The molecule has 0 amide bonds. The molecule has 25 heavy (non-hydrogen) atoms. The Morgan fingerprint density at radius 3 is 1.56 bits per heavy atom. The summed E-state index contributed by atoms with van der Waals surface area (Å²) in [6.07, 6.45) is 8.89. The molecule has 0 aliphatic heterocycles. The molecule has 0 aliphatic rings. The van der Waals surface area contributed by atoms with E-state index in [-0.39, 0.29) is 43.4 Å². The number of carboxylic acid groups (broad SMARTS) is 3. The fraction of sp³-hybridized carbons (Fsp3) is 0.722. The number of carboxylic acids is 3. The van der Waals surface area contributed by atoms with Crippen LogP contribution >= 0.6 is 0 Å². The first kappa shape index (κ1) is 23.1. The lowest BCUT2D eigenvalue weighted by atomic mass is 10.1. The summed E-state index contributed by atoms with van der Waals surface area (Å²) in [6.45, 7) is 3.42. The first-order chi connectivity index (χ1) is 11.8. The van der Waals surface area contributed by atoms with E-state index in [1.165, 1.54) is 0 Å². The number of carbonyl (C=O) groups is 3. The zero-order valence-electron chi connectivity index (χ0n) is 15.2. The summed E-state index contributed by atoms with van der Waals surface area (Å²) < 4.78 is 0.250. The topological polar surface area (TPSA) is 112 Å². The van der Waals surface area contributed by atoms with Crippen molar-refractivity contribution >= 4 is 17.9 Å². The van der Waals surface area contributed by atoms with Gasteiger partial charge in [0.05, 0.1) is 45.4 Å². The fourth-order valence-corrected chi connectivity index (χ4v) is 2.90. The molecular formula is C18H32NO6+. The Hall–Kier alpha value is -1.89. The van der Waals surface area contributed by atoms with Crippen molar-refractivity contribution in [3.8, 4) is 0 Å². The predicted octanol–water partition coefficient (Wildman–Crippen LogP) is 2.75. The van der Waals surface area contributed by atoms with Crippen molar-refractivity contribution in [3.63, 3.8) is 0 Å². The van der Waals surface area contributed by atoms with Crippen LogP contribution in [0.2, 0.25) is 0 Å². The number of hydrogen-bond donors (Lipinski definition) is 3. The Morgan fingerprint density at radius 2 is 1.16 bits per heavy atom. The van der Waals surface area contributed by atoms with Crippen molar-refractivity contribution in [2.24, 2.45) is 0 Å². The lowest BCUT2D eigenvalue weighted by Crippen LogP contribution is -2.52. The second kappa shape index (κ2) is 13.4. The van der Waals surface area contributed by atoms with E-state index in [9.17, 15) is 14.4 Å². The number of quaternary nitrogens is 1. The van der Waals surface area contributed by atoms with Crippen LogP contribution in [0.3, 0.4) is 0 Å². The predicted molar refractivity (Wildman–Crippen MR) is 94.4 cm³/mol. The first-order valence-corrected chi connectivity index (χ1v) is 8.93. The van der Waals surface area contributed by atoms with Gasteiger partial charge in [-0.2, -0.15) is 0 Å². The molecule has 0 atom stereocenters. The van der Waals surface area contributed by atoms with Crippen LogP contribution in [0.15, 0.2) is 12.2 Å². The summed E-state index contributed by atoms with van der Waals surface area (Å²) >= 11 is 0. The van der Waals surface area contributed by atoms with Crippen LogP contribution in [0, 0.1) is 0 Å². The number of aliphatic carboxylic acids is 3. The van der Waals surface area contributed by atoms with Gasteiger partial charge >= 0.3 is 17.9 Å². The Bertz CT molecular complexity index is 401. The smallest absolute Gasteiger partial charge is 0.309 e. The lowest BCUT2D eigenvalue weighted by Gasteiger charge is -2.38. The Labute approximate surface area is 149 Å². The van der Waals surface area contributed by atoms with Crippen LogP contribution in [0.4, 0.5) is 0 Å². The van der Waals surface area contributed by atoms with E-state index in [2.05, 4.69) is 6.08 Å². The van der Waals surface area contributed by atoms with Crippen LogP contribution in [-0.4, -0.2) is 63.9 Å². The van der Waals surface area contributed by atoms with E-state index in [0.717, 1.165) is 32.1 Å². The number of nitrogens with zero attached hydrogens (tertiary/aromatic N) is 1. The van der Waals surface area contributed by atoms with E-state index < -0.39 is 17.9 Å². The average Bonchev–Trinajstić information content (AvgIpc) is 2.54. The standard InChI is InChI=1S/C18H31NO6/c1-2-3-4-5-6-7-8-12-19(13-9-16(20)21,14-10-17(22)23)15-11-18(24)25/h2-3H,4-15H2,1H3,(H2-,20,21,22,23,24,25)/p+1/b3-2+. The fourth-order valence-electron chi connectivity index (χ4n) is 2.90. The second-order valence-electron chi connectivity index (χ2n) is 6.44. The Balaban J connectivity index is 4.73. The third-order valence-electron chi connectivity index (χ3n) is 4.39. The van der Waals surface area contributed by atoms with Gasteiger partial charge in [-0.1, -0.05) is 18.6 Å². The molecule has 7 nitrogen and oxygen atoms in total. The molecule has 0 saturated carbocycles. The maximum absolute atomic E-state index is 10.9. The second-order valence-corrected chi connectivity index (χ2v) is 6.44. The molecule has 0 radical (unpaired) electrons. The van der Waals surface area contributed by atoms with Gasteiger partial charge in [-0.3, -0.25) is 14.4 Å². The summed E-state index contributed by atoms with van der Waals surface area (Å²) in [5.74, 6) is -2.83. The zero-order valence-corrected chi connectivity index (χ0v) is 15.2. The highest BCUT2D eigenvalue weighted by molar-refractivity contribution is 5.67. The summed E-state index contributed by atoms with van der Waals surface area (Å²) in [5, 5.41) is 26.9. The van der Waals surface area contributed by atoms with Gasteiger partial charge in [0.25, 0.3) is 0 Å². The lowest BCUT2D eigenvalue weighted by molar-refractivity contribution is -0.927. The number of allylic oxidation sites excluding steroid dienone is 2. The largest absolute Gasteiger partial charge is 0.481 e. The molecule has 144 valence electrons. The summed E-state index contributed by atoms with van der Waals surface area (Å²) in [5.41, 5.74) is 0. The molecule has 0 rings (SSSR count). The highest BCUT2D eigenvalue weighted by Gasteiger charge is 2.29. The molecule has 0 unspecified atom stereocenters. The molecule has 0 fully saturated rings. The number of rotatable bonds is 16. The van der Waals surface area contributed by atoms with Crippen LogP contribution < -0.4 is 0 Å². The van der Waals surface area contributed by atoms with Gasteiger partial charge in [-0.15, -0.1) is 0 Å². The van der Waals surface area contributed by atoms with Crippen LogP contribution in [0.25, 0.3) is 0 Å². The number of hydrogen-bond acceptors (Lipinski definition) is 3. The van der Waals surface area contributed by atoms with E-state index >= 15 is 0 Å². The highest BCUT2D eigenvalue weighted by atomic mass is 16.4. The van der Waals surface area contributed by atoms with Gasteiger partial charge in [0, 0.05) is 0 Å². The Kier molecular flexibility index (Phi) is 12.4. The third-order valence-corrected chi connectivity index (χ3v) is 4.39. The van der Waals surface area contributed by atoms with Gasteiger partial charge in [-0.05, 0) is 32.6 Å². The van der Waals surface area contributed by atoms with Crippen LogP contribution in [0.5, 0.6) is 0 Å². The monoisotopic (exact) mass is 358 g/mol. The molecule has 0 bridgehead atoms. The maximum Gasteiger partial charge on any atom is 0.309 e. The molecular weight excluding hydrogens is 326 g/mol. The third kappa shape index (κ3) is 13.1. The van der Waals surface area contributed by atoms with Gasteiger partial charge in [0.2, 0.25) is 0 Å². The van der Waals surface area contributed by atoms with Gasteiger partial charge in [0.1, 0.15) is 0 Å². The number of unbranched alkanes of at least 4 members (excludes halogenated alkanes) is 4. The van der Waals surface area contributed by atoms with Crippen LogP contribution in [-0.2, 0) is 14.4 Å². The molecule has 0 aromatic carbocycles. The molecule has 3 N–H and O–H groups in total. The summed E-state index contributed by atoms with van der Waals surface area (Å²) in [6, 6.07) is 0. The van der Waals surface area contributed by atoms with Gasteiger partial charge in [0.15, 0.2) is 0 Å². The molecule has 7 heteroatoms. The maximum atomic E-state index is 10.9. The molecule has 0 aliphatic carbocycles. The van der Waals surface area contributed by atoms with E-state index in [4.69, 9.17) is 15.3 Å². The zero-order chi connectivity index (χ0) is 19.1. The summed E-state index contributed by atoms with van der Waals surface area (Å²) in [7, 11) is 0. The molecule has 0 aromatic heterocycles. The molecule has 0 heterocycles.